The van der Waals surface area contributed by atoms with Crippen molar-refractivity contribution >= 4 is 10.8 Å². The molecule has 0 unspecified atom stereocenters. The molecule has 0 spiro atoms. The van der Waals surface area contributed by atoms with Gasteiger partial charge in [-0.1, -0.05) is 43.9 Å². The van der Waals surface area contributed by atoms with Crippen molar-refractivity contribution in [2.75, 3.05) is 0 Å². The first-order valence-corrected chi connectivity index (χ1v) is 12.1. The summed E-state index contributed by atoms with van der Waals surface area (Å²) in [7, 11) is 0. The van der Waals surface area contributed by atoms with Gasteiger partial charge in [-0.25, -0.2) is 17.6 Å². The molecule has 0 saturated heterocycles. The summed E-state index contributed by atoms with van der Waals surface area (Å²) < 4.78 is 95.7. The first kappa shape index (κ1) is 25.6. The smallest absolute Gasteiger partial charge is 0.209 e. The van der Waals surface area contributed by atoms with Crippen LogP contribution in [-0.4, -0.2) is 6.18 Å². The summed E-state index contributed by atoms with van der Waals surface area (Å²) in [5.41, 5.74) is -0.102. The molecule has 0 radical (unpaired) electrons. The highest BCUT2D eigenvalue weighted by atomic mass is 19.4. The zero-order chi connectivity index (χ0) is 25.3. The van der Waals surface area contributed by atoms with Gasteiger partial charge in [0, 0.05) is 23.1 Å². The van der Waals surface area contributed by atoms with Crippen molar-refractivity contribution < 1.29 is 30.7 Å². The fourth-order valence-corrected chi connectivity index (χ4v) is 5.43. The average molecular weight is 497 g/mol. The van der Waals surface area contributed by atoms with Crippen LogP contribution >= 0.6 is 0 Å². The molecule has 188 valence electrons. The van der Waals surface area contributed by atoms with Crippen LogP contribution in [0.5, 0.6) is 0 Å². The number of rotatable bonds is 3. The SMILES string of the molecule is CC1CCC(/C(F)=C(\F)C2CCC(c3ccc4c(F)c(C#CC(F)(F)F)c(F)cc4c3)CC2)CC1. The minimum atomic E-state index is -4.86. The van der Waals surface area contributed by atoms with Crippen molar-refractivity contribution in [1.82, 2.24) is 0 Å². The highest BCUT2D eigenvalue weighted by molar-refractivity contribution is 5.85. The molecule has 2 aromatic rings. The largest absolute Gasteiger partial charge is 0.458 e. The van der Waals surface area contributed by atoms with E-state index in [4.69, 9.17) is 0 Å². The Labute approximate surface area is 200 Å². The second-order valence-corrected chi connectivity index (χ2v) is 9.98. The second-order valence-electron chi connectivity index (χ2n) is 9.98. The average Bonchev–Trinajstić information content (AvgIpc) is 2.82. The zero-order valence-electron chi connectivity index (χ0n) is 19.4. The molecule has 0 aromatic heterocycles. The van der Waals surface area contributed by atoms with Crippen LogP contribution in [0.2, 0.25) is 0 Å². The minimum absolute atomic E-state index is 0.0202. The maximum Gasteiger partial charge on any atom is 0.458 e. The highest BCUT2D eigenvalue weighted by Gasteiger charge is 2.31. The molecule has 2 aliphatic rings. The molecule has 0 N–H and O–H groups in total. The van der Waals surface area contributed by atoms with Crippen LogP contribution in [0.15, 0.2) is 35.9 Å². The lowest BCUT2D eigenvalue weighted by atomic mass is 9.76. The molecule has 7 heteroatoms. The Hall–Kier alpha value is -2.49. The van der Waals surface area contributed by atoms with E-state index in [9.17, 15) is 30.7 Å². The molecule has 2 aliphatic carbocycles. The fourth-order valence-electron chi connectivity index (χ4n) is 5.43. The molecule has 2 saturated carbocycles. The van der Waals surface area contributed by atoms with Gasteiger partial charge in [0.25, 0.3) is 0 Å². The molecule has 0 atom stereocenters. The summed E-state index contributed by atoms with van der Waals surface area (Å²) in [5.74, 6) is -1.23. The Kier molecular flexibility index (Phi) is 7.49. The summed E-state index contributed by atoms with van der Waals surface area (Å²) in [5, 5.41) is 0.203. The number of alkyl halides is 3. The van der Waals surface area contributed by atoms with Crippen LogP contribution in [0.3, 0.4) is 0 Å². The first-order valence-electron chi connectivity index (χ1n) is 12.1. The molecule has 0 heterocycles. The Morgan fingerprint density at radius 1 is 0.829 bits per heavy atom. The van der Waals surface area contributed by atoms with E-state index < -0.39 is 40.9 Å². The van der Waals surface area contributed by atoms with Gasteiger partial charge in [0.1, 0.15) is 23.3 Å². The lowest BCUT2D eigenvalue weighted by Gasteiger charge is -2.30. The Bertz CT molecular complexity index is 1170. The van der Waals surface area contributed by atoms with E-state index in [2.05, 4.69) is 6.92 Å². The third-order valence-electron chi connectivity index (χ3n) is 7.54. The zero-order valence-corrected chi connectivity index (χ0v) is 19.4. The molecule has 0 bridgehead atoms. The van der Waals surface area contributed by atoms with Gasteiger partial charge in [0.15, 0.2) is 0 Å². The summed E-state index contributed by atoms with van der Waals surface area (Å²) in [4.78, 5) is 0. The van der Waals surface area contributed by atoms with E-state index in [1.54, 1.807) is 18.1 Å². The van der Waals surface area contributed by atoms with Gasteiger partial charge >= 0.3 is 6.18 Å². The van der Waals surface area contributed by atoms with Crippen molar-refractivity contribution in [2.45, 2.75) is 70.4 Å². The first-order chi connectivity index (χ1) is 16.5. The summed E-state index contributed by atoms with van der Waals surface area (Å²) >= 11 is 0. The van der Waals surface area contributed by atoms with Gasteiger partial charge in [0.2, 0.25) is 0 Å². The standard InChI is InChI=1S/C28H27F7/c1-16-2-4-18(5-3-16)25(30)26(31)19-8-6-17(7-9-19)20-10-11-22-21(14-20)15-24(29)23(27(22)32)12-13-28(33,34)35/h10-11,14-19H,2-9H2,1H3/b26-25+. The Balaban J connectivity index is 1.48. The van der Waals surface area contributed by atoms with E-state index in [1.807, 2.05) is 0 Å². The molecule has 35 heavy (non-hydrogen) atoms. The van der Waals surface area contributed by atoms with E-state index in [-0.39, 0.29) is 22.6 Å². The van der Waals surface area contributed by atoms with Crippen molar-refractivity contribution in [1.29, 1.82) is 0 Å². The molecule has 4 rings (SSSR count). The monoisotopic (exact) mass is 496 g/mol. The number of benzene rings is 2. The predicted octanol–water partition coefficient (Wildman–Crippen LogP) is 9.28. The fraction of sp³-hybridized carbons (Fsp3) is 0.500. The van der Waals surface area contributed by atoms with Crippen molar-refractivity contribution in [3.63, 3.8) is 0 Å². The van der Waals surface area contributed by atoms with Crippen molar-refractivity contribution in [2.24, 2.45) is 17.8 Å². The Morgan fingerprint density at radius 3 is 1.97 bits per heavy atom. The maximum atomic E-state index is 14.9. The van der Waals surface area contributed by atoms with Crippen LogP contribution in [-0.2, 0) is 0 Å². The van der Waals surface area contributed by atoms with Gasteiger partial charge < -0.3 is 0 Å². The van der Waals surface area contributed by atoms with E-state index in [0.29, 0.717) is 44.4 Å². The quantitative estimate of drug-likeness (QED) is 0.293. The molecule has 2 fully saturated rings. The van der Waals surface area contributed by atoms with Gasteiger partial charge in [-0.15, -0.1) is 0 Å². The molecule has 0 aliphatic heterocycles. The van der Waals surface area contributed by atoms with E-state index in [1.165, 1.54) is 6.07 Å². The van der Waals surface area contributed by atoms with Crippen LogP contribution < -0.4 is 0 Å². The number of allylic oxidation sites excluding steroid dienone is 2. The predicted molar refractivity (Wildman–Crippen MR) is 122 cm³/mol. The Morgan fingerprint density at radius 2 is 1.40 bits per heavy atom. The molecule has 2 aromatic carbocycles. The lowest BCUT2D eigenvalue weighted by molar-refractivity contribution is -0.0696. The number of hydrogen-bond donors (Lipinski definition) is 0. The van der Waals surface area contributed by atoms with Crippen LogP contribution in [0.25, 0.3) is 10.8 Å². The van der Waals surface area contributed by atoms with Crippen molar-refractivity contribution in [3.05, 3.63) is 58.7 Å². The third kappa shape index (κ3) is 5.85. The van der Waals surface area contributed by atoms with Crippen molar-refractivity contribution in [3.8, 4) is 11.8 Å². The minimum Gasteiger partial charge on any atom is -0.209 e. The van der Waals surface area contributed by atoms with Crippen LogP contribution in [0, 0.1) is 41.2 Å². The van der Waals surface area contributed by atoms with Gasteiger partial charge in [-0.2, -0.15) is 13.2 Å². The van der Waals surface area contributed by atoms with Gasteiger partial charge in [0.05, 0.1) is 5.56 Å². The highest BCUT2D eigenvalue weighted by Crippen LogP contribution is 2.43. The molecule has 0 amide bonds. The topological polar surface area (TPSA) is 0 Å². The molecular formula is C28H27F7. The summed E-state index contributed by atoms with van der Waals surface area (Å²) in [6.07, 6.45) is 0.530. The van der Waals surface area contributed by atoms with Crippen LogP contribution in [0.4, 0.5) is 30.7 Å². The second kappa shape index (κ2) is 10.2. The van der Waals surface area contributed by atoms with Crippen LogP contribution in [0.1, 0.15) is 75.3 Å². The normalized spacial score (nSPS) is 26.2. The van der Waals surface area contributed by atoms with E-state index >= 15 is 0 Å². The third-order valence-corrected chi connectivity index (χ3v) is 7.54. The number of hydrogen-bond acceptors (Lipinski definition) is 0. The molecular weight excluding hydrogens is 469 g/mol. The number of halogens is 7. The number of fused-ring (bicyclic) bond motifs is 1. The lowest BCUT2D eigenvalue weighted by Crippen LogP contribution is -2.18. The van der Waals surface area contributed by atoms with E-state index in [0.717, 1.165) is 30.4 Å². The van der Waals surface area contributed by atoms with Gasteiger partial charge in [-0.3, -0.25) is 0 Å². The summed E-state index contributed by atoms with van der Waals surface area (Å²) in [6, 6.07) is 5.67. The molecule has 0 nitrogen and oxygen atoms in total. The maximum absolute atomic E-state index is 14.9. The summed E-state index contributed by atoms with van der Waals surface area (Å²) in [6.45, 7) is 2.13. The van der Waals surface area contributed by atoms with Gasteiger partial charge in [-0.05, 0) is 67.4 Å².